The maximum atomic E-state index is 13.0. The van der Waals surface area contributed by atoms with Gasteiger partial charge in [-0.25, -0.2) is 17.5 Å². The maximum Gasteiger partial charge on any atom is 0.306 e. The van der Waals surface area contributed by atoms with Crippen LogP contribution in [0.3, 0.4) is 0 Å². The van der Waals surface area contributed by atoms with E-state index in [2.05, 4.69) is 9.71 Å². The number of nitrogens with zero attached hydrogens (tertiary/aromatic N) is 1. The molecule has 6 nitrogen and oxygen atoms in total. The lowest BCUT2D eigenvalue weighted by Gasteiger charge is -2.28. The molecule has 1 aromatic rings. The predicted octanol–water partition coefficient (Wildman–Crippen LogP) is 1.39. The number of carbonyl (C=O) groups is 1. The zero-order valence-electron chi connectivity index (χ0n) is 11.3. The molecule has 1 saturated carbocycles. The number of hydrogen-bond acceptors (Lipinski definition) is 4. The van der Waals surface area contributed by atoms with Crippen molar-refractivity contribution in [2.45, 2.75) is 30.6 Å². The molecule has 0 radical (unpaired) electrons. The lowest BCUT2D eigenvalue weighted by atomic mass is 9.79. The van der Waals surface area contributed by atoms with Gasteiger partial charge in [-0.15, -0.1) is 0 Å². The molecule has 2 unspecified atom stereocenters. The average Bonchev–Trinajstić information content (AvgIpc) is 2.45. The SMILES string of the molecule is O=C(O)C1CCCCC1CNS(=O)(=O)c1cncc(F)c1. The standard InChI is InChI=1S/C13H17FN2O4S/c14-10-5-11(8-15-7-10)21(19,20)16-6-9-3-1-2-4-12(9)13(17)18/h5,7-9,12,16H,1-4,6H2,(H,17,18). The highest BCUT2D eigenvalue weighted by Crippen LogP contribution is 2.30. The van der Waals surface area contributed by atoms with Gasteiger partial charge < -0.3 is 5.11 Å². The topological polar surface area (TPSA) is 96.4 Å². The first-order valence-electron chi connectivity index (χ1n) is 6.73. The van der Waals surface area contributed by atoms with Crippen LogP contribution in [0.5, 0.6) is 0 Å². The second-order valence-corrected chi connectivity index (χ2v) is 6.95. The second-order valence-electron chi connectivity index (χ2n) is 5.18. The van der Waals surface area contributed by atoms with Crippen molar-refractivity contribution < 1.29 is 22.7 Å². The number of pyridine rings is 1. The summed E-state index contributed by atoms with van der Waals surface area (Å²) in [4.78, 5) is 14.4. The molecule has 0 spiro atoms. The molecular weight excluding hydrogens is 299 g/mol. The van der Waals surface area contributed by atoms with Gasteiger partial charge >= 0.3 is 5.97 Å². The quantitative estimate of drug-likeness (QED) is 0.855. The Labute approximate surface area is 122 Å². The molecular formula is C13H17FN2O4S. The van der Waals surface area contributed by atoms with Gasteiger partial charge in [0.15, 0.2) is 0 Å². The molecule has 1 aliphatic rings. The molecule has 1 fully saturated rings. The molecule has 116 valence electrons. The number of sulfonamides is 1. The summed E-state index contributed by atoms with van der Waals surface area (Å²) in [5.41, 5.74) is 0. The van der Waals surface area contributed by atoms with Gasteiger partial charge in [0, 0.05) is 12.7 Å². The zero-order chi connectivity index (χ0) is 15.5. The summed E-state index contributed by atoms with van der Waals surface area (Å²) in [5.74, 6) is -2.41. The van der Waals surface area contributed by atoms with E-state index in [0.29, 0.717) is 12.8 Å². The fourth-order valence-corrected chi connectivity index (χ4v) is 3.68. The molecule has 0 bridgehead atoms. The number of aliphatic carboxylic acids is 1. The minimum atomic E-state index is -3.88. The largest absolute Gasteiger partial charge is 0.481 e. The monoisotopic (exact) mass is 316 g/mol. The van der Waals surface area contributed by atoms with Crippen molar-refractivity contribution in [1.82, 2.24) is 9.71 Å². The molecule has 1 aromatic heterocycles. The number of carboxylic acids is 1. The van der Waals surface area contributed by atoms with Crippen LogP contribution in [-0.4, -0.2) is 31.0 Å². The molecule has 0 saturated heterocycles. The molecule has 2 rings (SSSR count). The summed E-state index contributed by atoms with van der Waals surface area (Å²) < 4.78 is 39.5. The van der Waals surface area contributed by atoms with Crippen LogP contribution in [0.25, 0.3) is 0 Å². The van der Waals surface area contributed by atoms with Crippen LogP contribution in [0.2, 0.25) is 0 Å². The van der Waals surface area contributed by atoms with Crippen molar-refractivity contribution in [3.63, 3.8) is 0 Å². The van der Waals surface area contributed by atoms with E-state index in [1.807, 2.05) is 0 Å². The fraction of sp³-hybridized carbons (Fsp3) is 0.538. The van der Waals surface area contributed by atoms with E-state index in [9.17, 15) is 17.6 Å². The van der Waals surface area contributed by atoms with Gasteiger partial charge in [0.25, 0.3) is 0 Å². The van der Waals surface area contributed by atoms with E-state index in [1.54, 1.807) is 0 Å². The van der Waals surface area contributed by atoms with E-state index in [1.165, 1.54) is 0 Å². The molecule has 21 heavy (non-hydrogen) atoms. The van der Waals surface area contributed by atoms with Gasteiger partial charge in [0.05, 0.1) is 12.1 Å². The minimum absolute atomic E-state index is 0.0375. The predicted molar refractivity (Wildman–Crippen MR) is 72.5 cm³/mol. The number of hydrogen-bond donors (Lipinski definition) is 2. The van der Waals surface area contributed by atoms with Crippen LogP contribution in [0.4, 0.5) is 4.39 Å². The van der Waals surface area contributed by atoms with Crippen molar-refractivity contribution in [2.75, 3.05) is 6.54 Å². The number of halogens is 1. The Morgan fingerprint density at radius 2 is 2.10 bits per heavy atom. The highest BCUT2D eigenvalue weighted by Gasteiger charge is 2.31. The third-order valence-electron chi connectivity index (χ3n) is 3.75. The van der Waals surface area contributed by atoms with E-state index >= 15 is 0 Å². The van der Waals surface area contributed by atoms with Crippen LogP contribution in [0.1, 0.15) is 25.7 Å². The number of nitrogens with one attached hydrogen (secondary N) is 1. The summed E-state index contributed by atoms with van der Waals surface area (Å²) in [7, 11) is -3.88. The smallest absolute Gasteiger partial charge is 0.306 e. The van der Waals surface area contributed by atoms with Crippen LogP contribution in [-0.2, 0) is 14.8 Å². The summed E-state index contributed by atoms with van der Waals surface area (Å²) in [5, 5.41) is 9.15. The maximum absolute atomic E-state index is 13.0. The first-order valence-corrected chi connectivity index (χ1v) is 8.21. The minimum Gasteiger partial charge on any atom is -0.481 e. The lowest BCUT2D eigenvalue weighted by Crippen LogP contribution is -2.37. The van der Waals surface area contributed by atoms with Crippen LogP contribution in [0.15, 0.2) is 23.4 Å². The van der Waals surface area contributed by atoms with E-state index in [0.717, 1.165) is 31.3 Å². The highest BCUT2D eigenvalue weighted by molar-refractivity contribution is 7.89. The van der Waals surface area contributed by atoms with Gasteiger partial charge in [-0.2, -0.15) is 0 Å². The Balaban J connectivity index is 2.05. The Morgan fingerprint density at radius 1 is 1.38 bits per heavy atom. The van der Waals surface area contributed by atoms with Gasteiger partial charge in [-0.1, -0.05) is 12.8 Å². The second kappa shape index (κ2) is 6.48. The van der Waals surface area contributed by atoms with Crippen molar-refractivity contribution in [1.29, 1.82) is 0 Å². The summed E-state index contributed by atoms with van der Waals surface area (Å²) in [6, 6.07) is 0.880. The Morgan fingerprint density at radius 3 is 2.76 bits per heavy atom. The van der Waals surface area contributed by atoms with Crippen molar-refractivity contribution >= 4 is 16.0 Å². The molecule has 1 aliphatic carbocycles. The van der Waals surface area contributed by atoms with Crippen LogP contribution < -0.4 is 4.72 Å². The molecule has 1 heterocycles. The van der Waals surface area contributed by atoms with Crippen molar-refractivity contribution in [2.24, 2.45) is 11.8 Å². The molecule has 0 amide bonds. The zero-order valence-corrected chi connectivity index (χ0v) is 12.1. The number of carboxylic acid groups (broad SMARTS) is 1. The number of rotatable bonds is 5. The number of aromatic nitrogens is 1. The van der Waals surface area contributed by atoms with Gasteiger partial charge in [0.1, 0.15) is 10.7 Å². The molecule has 2 N–H and O–H groups in total. The Bertz CT molecular complexity index is 620. The average molecular weight is 316 g/mol. The van der Waals surface area contributed by atoms with E-state index < -0.39 is 27.7 Å². The Hall–Kier alpha value is -1.54. The fourth-order valence-electron chi connectivity index (χ4n) is 2.62. The third-order valence-corrected chi connectivity index (χ3v) is 5.14. The van der Waals surface area contributed by atoms with Crippen LogP contribution >= 0.6 is 0 Å². The first-order chi connectivity index (χ1) is 9.90. The van der Waals surface area contributed by atoms with Gasteiger partial charge in [-0.05, 0) is 24.8 Å². The summed E-state index contributed by atoms with van der Waals surface area (Å²) in [6.07, 6.45) is 4.93. The summed E-state index contributed by atoms with van der Waals surface area (Å²) >= 11 is 0. The first kappa shape index (κ1) is 15.8. The van der Waals surface area contributed by atoms with E-state index in [-0.39, 0.29) is 17.4 Å². The molecule has 2 atom stereocenters. The Kier molecular flexibility index (Phi) is 4.89. The molecule has 0 aliphatic heterocycles. The summed E-state index contributed by atoms with van der Waals surface area (Å²) in [6.45, 7) is 0.0375. The highest BCUT2D eigenvalue weighted by atomic mass is 32.2. The third kappa shape index (κ3) is 3.98. The molecule has 8 heteroatoms. The van der Waals surface area contributed by atoms with Gasteiger partial charge in [-0.3, -0.25) is 9.78 Å². The molecule has 0 aromatic carbocycles. The van der Waals surface area contributed by atoms with Crippen LogP contribution in [0, 0.1) is 17.7 Å². The normalized spacial score (nSPS) is 22.9. The lowest BCUT2D eigenvalue weighted by molar-refractivity contribution is -0.144. The van der Waals surface area contributed by atoms with E-state index in [4.69, 9.17) is 5.11 Å². The van der Waals surface area contributed by atoms with Crippen molar-refractivity contribution in [3.05, 3.63) is 24.3 Å². The van der Waals surface area contributed by atoms with Crippen molar-refractivity contribution in [3.8, 4) is 0 Å². The van der Waals surface area contributed by atoms with Gasteiger partial charge in [0.2, 0.25) is 10.0 Å².